The molecule has 0 aromatic heterocycles. The number of hydrogen-bond acceptors (Lipinski definition) is 6. The summed E-state index contributed by atoms with van der Waals surface area (Å²) in [6.45, 7) is 1.49. The molecule has 3 N–H and O–H groups in total. The summed E-state index contributed by atoms with van der Waals surface area (Å²) in [5.74, 6) is 0.299. The number of rotatable bonds is 8. The Labute approximate surface area is 197 Å². The topological polar surface area (TPSA) is 123 Å². The van der Waals surface area contributed by atoms with Crippen LogP contribution in [0.15, 0.2) is 42.5 Å². The molecule has 4 rings (SSSR count). The molecule has 0 bridgehead atoms. The van der Waals surface area contributed by atoms with Gasteiger partial charge in [0, 0.05) is 24.2 Å². The molecule has 0 radical (unpaired) electrons. The van der Waals surface area contributed by atoms with Crippen LogP contribution in [0.5, 0.6) is 17.2 Å². The number of nitrogens with one attached hydrogen (secondary N) is 2. The number of benzene rings is 2. The highest BCUT2D eigenvalue weighted by atomic mass is 16.6. The van der Waals surface area contributed by atoms with E-state index in [1.807, 2.05) is 0 Å². The van der Waals surface area contributed by atoms with Crippen molar-refractivity contribution >= 4 is 17.8 Å². The lowest BCUT2D eigenvalue weighted by atomic mass is 9.87. The number of fused-ring (bicyclic) bond motifs is 1. The van der Waals surface area contributed by atoms with Crippen LogP contribution in [-0.4, -0.2) is 55.3 Å². The number of aliphatic carboxylic acids is 1. The third-order valence-electron chi connectivity index (χ3n) is 5.94. The Morgan fingerprint density at radius 2 is 1.41 bits per heavy atom. The molecule has 1 aliphatic carbocycles. The van der Waals surface area contributed by atoms with Crippen LogP contribution in [0.25, 0.3) is 0 Å². The number of carbonyl (C=O) groups excluding carboxylic acids is 2. The molecule has 0 atom stereocenters. The fourth-order valence-corrected chi connectivity index (χ4v) is 4.05. The lowest BCUT2D eigenvalue weighted by Crippen LogP contribution is -2.34. The van der Waals surface area contributed by atoms with E-state index in [4.69, 9.17) is 19.3 Å². The number of carbonyl (C=O) groups is 3. The Kier molecular flexibility index (Phi) is 7.51. The quantitative estimate of drug-likeness (QED) is 0.509. The van der Waals surface area contributed by atoms with Crippen molar-refractivity contribution in [3.63, 3.8) is 0 Å². The standard InChI is InChI=1S/C25H28N2O7/c28-23(16-1-6-19(7-2-16)34-20-8-3-17(4-9-20)25(30)31)26-11-12-27-24(29)18-5-10-21-22(15-18)33-14-13-32-21/h1-2,5-7,10,15,17,20H,3-4,8-9,11-14H2,(H,26,28)(H,27,29)(H,30,31). The monoisotopic (exact) mass is 468 g/mol. The molecule has 2 aliphatic rings. The number of carboxylic acid groups (broad SMARTS) is 1. The highest BCUT2D eigenvalue weighted by molar-refractivity contribution is 5.95. The molecule has 2 amide bonds. The van der Waals surface area contributed by atoms with Gasteiger partial charge in [-0.2, -0.15) is 0 Å². The van der Waals surface area contributed by atoms with E-state index in [0.717, 1.165) is 0 Å². The molecule has 0 spiro atoms. The summed E-state index contributed by atoms with van der Waals surface area (Å²) >= 11 is 0. The molecule has 9 nitrogen and oxygen atoms in total. The normalized spacial score (nSPS) is 19.1. The molecule has 180 valence electrons. The summed E-state index contributed by atoms with van der Waals surface area (Å²) in [6.07, 6.45) is 2.64. The molecular weight excluding hydrogens is 440 g/mol. The Balaban J connectivity index is 1.18. The largest absolute Gasteiger partial charge is 0.490 e. The van der Waals surface area contributed by atoms with Crippen LogP contribution in [0.2, 0.25) is 0 Å². The SMILES string of the molecule is O=C(NCCNC(=O)c1ccc2c(c1)OCCO2)c1ccc(OC2CCC(C(=O)O)CC2)cc1. The van der Waals surface area contributed by atoms with Crippen LogP contribution >= 0.6 is 0 Å². The van der Waals surface area contributed by atoms with Gasteiger partial charge in [-0.25, -0.2) is 0 Å². The van der Waals surface area contributed by atoms with Crippen LogP contribution in [0.3, 0.4) is 0 Å². The fraction of sp³-hybridized carbons (Fsp3) is 0.400. The van der Waals surface area contributed by atoms with Gasteiger partial charge >= 0.3 is 5.97 Å². The minimum Gasteiger partial charge on any atom is -0.490 e. The van der Waals surface area contributed by atoms with Crippen molar-refractivity contribution in [2.75, 3.05) is 26.3 Å². The van der Waals surface area contributed by atoms with E-state index in [-0.39, 0.29) is 36.9 Å². The van der Waals surface area contributed by atoms with E-state index in [9.17, 15) is 14.4 Å². The van der Waals surface area contributed by atoms with Gasteiger partial charge in [0.15, 0.2) is 11.5 Å². The molecule has 1 heterocycles. The summed E-state index contributed by atoms with van der Waals surface area (Å²) in [5.41, 5.74) is 0.947. The molecule has 0 unspecified atom stereocenters. The average Bonchev–Trinajstić information content (AvgIpc) is 2.87. The molecule has 9 heteroatoms. The second kappa shape index (κ2) is 10.9. The zero-order valence-electron chi connectivity index (χ0n) is 18.7. The Hall–Kier alpha value is -3.75. The summed E-state index contributed by atoms with van der Waals surface area (Å²) in [4.78, 5) is 35.8. The first-order valence-corrected chi connectivity index (χ1v) is 11.4. The number of carboxylic acids is 1. The number of amides is 2. The highest BCUT2D eigenvalue weighted by Gasteiger charge is 2.27. The van der Waals surface area contributed by atoms with Gasteiger partial charge in [-0.05, 0) is 68.1 Å². The molecule has 0 saturated heterocycles. The molecular formula is C25H28N2O7. The Bertz CT molecular complexity index is 1030. The van der Waals surface area contributed by atoms with Gasteiger partial charge < -0.3 is 30.0 Å². The van der Waals surface area contributed by atoms with E-state index in [1.54, 1.807) is 42.5 Å². The highest BCUT2D eigenvalue weighted by Crippen LogP contribution is 2.31. The van der Waals surface area contributed by atoms with E-state index < -0.39 is 5.97 Å². The van der Waals surface area contributed by atoms with Crippen LogP contribution in [0, 0.1) is 5.92 Å². The fourth-order valence-electron chi connectivity index (χ4n) is 4.05. The zero-order chi connectivity index (χ0) is 23.9. The van der Waals surface area contributed by atoms with E-state index in [2.05, 4.69) is 10.6 Å². The second-order valence-electron chi connectivity index (χ2n) is 8.32. The van der Waals surface area contributed by atoms with Gasteiger partial charge in [0.25, 0.3) is 11.8 Å². The van der Waals surface area contributed by atoms with Gasteiger partial charge in [0.2, 0.25) is 0 Å². The Morgan fingerprint density at radius 3 is 2.06 bits per heavy atom. The third-order valence-corrected chi connectivity index (χ3v) is 5.94. The van der Waals surface area contributed by atoms with Gasteiger partial charge in [0.1, 0.15) is 19.0 Å². The third kappa shape index (κ3) is 5.98. The summed E-state index contributed by atoms with van der Waals surface area (Å²) < 4.78 is 16.9. The summed E-state index contributed by atoms with van der Waals surface area (Å²) in [5, 5.41) is 14.6. The minimum atomic E-state index is -0.739. The maximum atomic E-state index is 12.4. The smallest absolute Gasteiger partial charge is 0.306 e. The first-order chi connectivity index (χ1) is 16.5. The van der Waals surface area contributed by atoms with Crippen molar-refractivity contribution in [1.82, 2.24) is 10.6 Å². The van der Waals surface area contributed by atoms with E-state index in [0.29, 0.717) is 67.3 Å². The molecule has 2 aromatic carbocycles. The van der Waals surface area contributed by atoms with Crippen molar-refractivity contribution in [3.05, 3.63) is 53.6 Å². The van der Waals surface area contributed by atoms with Gasteiger partial charge in [0.05, 0.1) is 12.0 Å². The van der Waals surface area contributed by atoms with Crippen molar-refractivity contribution in [1.29, 1.82) is 0 Å². The predicted octanol–water partition coefficient (Wildman–Crippen LogP) is 2.64. The van der Waals surface area contributed by atoms with Crippen LogP contribution in [-0.2, 0) is 4.79 Å². The first-order valence-electron chi connectivity index (χ1n) is 11.4. The maximum Gasteiger partial charge on any atom is 0.306 e. The van der Waals surface area contributed by atoms with Crippen molar-refractivity contribution in [2.45, 2.75) is 31.8 Å². The Morgan fingerprint density at radius 1 is 0.824 bits per heavy atom. The lowest BCUT2D eigenvalue weighted by molar-refractivity contribution is -0.143. The molecule has 1 fully saturated rings. The van der Waals surface area contributed by atoms with Crippen molar-refractivity contribution < 1.29 is 33.7 Å². The number of hydrogen-bond donors (Lipinski definition) is 3. The molecule has 2 aromatic rings. The average molecular weight is 469 g/mol. The maximum absolute atomic E-state index is 12.4. The van der Waals surface area contributed by atoms with Crippen LogP contribution in [0.1, 0.15) is 46.4 Å². The zero-order valence-corrected chi connectivity index (χ0v) is 18.7. The predicted molar refractivity (Wildman–Crippen MR) is 123 cm³/mol. The number of ether oxygens (including phenoxy) is 3. The van der Waals surface area contributed by atoms with Gasteiger partial charge in [-0.15, -0.1) is 0 Å². The summed E-state index contributed by atoms with van der Waals surface area (Å²) in [6, 6.07) is 11.9. The van der Waals surface area contributed by atoms with Crippen molar-refractivity contribution in [3.8, 4) is 17.2 Å². The van der Waals surface area contributed by atoms with E-state index in [1.165, 1.54) is 0 Å². The van der Waals surface area contributed by atoms with Crippen molar-refractivity contribution in [2.24, 2.45) is 5.92 Å². The van der Waals surface area contributed by atoms with E-state index >= 15 is 0 Å². The van der Waals surface area contributed by atoms with Gasteiger partial charge in [-0.3, -0.25) is 14.4 Å². The first kappa shape index (κ1) is 23.4. The van der Waals surface area contributed by atoms with Gasteiger partial charge in [-0.1, -0.05) is 0 Å². The summed E-state index contributed by atoms with van der Waals surface area (Å²) in [7, 11) is 0. The molecule has 1 saturated carbocycles. The molecule has 34 heavy (non-hydrogen) atoms. The lowest BCUT2D eigenvalue weighted by Gasteiger charge is -2.26. The molecule has 1 aliphatic heterocycles. The van der Waals surface area contributed by atoms with Crippen LogP contribution < -0.4 is 24.8 Å². The second-order valence-corrected chi connectivity index (χ2v) is 8.32. The van der Waals surface area contributed by atoms with Crippen LogP contribution in [0.4, 0.5) is 0 Å². The minimum absolute atomic E-state index is 0.00640.